The van der Waals surface area contributed by atoms with Gasteiger partial charge in [0.1, 0.15) is 5.75 Å². The van der Waals surface area contributed by atoms with Crippen LogP contribution >= 0.6 is 0 Å². The van der Waals surface area contributed by atoms with Crippen LogP contribution in [-0.4, -0.2) is 12.0 Å². The molecule has 3 N–H and O–H groups in total. The highest BCUT2D eigenvalue weighted by molar-refractivity contribution is 5.97. The van der Waals surface area contributed by atoms with Crippen molar-refractivity contribution in [1.82, 2.24) is 0 Å². The van der Waals surface area contributed by atoms with E-state index in [1.54, 1.807) is 19.1 Å². The molecule has 1 saturated carbocycles. The third-order valence-electron chi connectivity index (χ3n) is 3.90. The van der Waals surface area contributed by atoms with E-state index in [0.29, 0.717) is 11.4 Å². The van der Waals surface area contributed by atoms with Gasteiger partial charge in [0.15, 0.2) is 6.10 Å². The summed E-state index contributed by atoms with van der Waals surface area (Å²) in [4.78, 5) is 11.6. The van der Waals surface area contributed by atoms with E-state index in [-0.39, 0.29) is 11.9 Å². The Morgan fingerprint density at radius 3 is 2.95 bits per heavy atom. The Bertz CT molecular complexity index is 587. The molecule has 0 spiro atoms. The summed E-state index contributed by atoms with van der Waals surface area (Å²) < 4.78 is 5.49. The van der Waals surface area contributed by atoms with Gasteiger partial charge in [0.2, 0.25) is 0 Å². The summed E-state index contributed by atoms with van der Waals surface area (Å²) >= 11 is 0. The molecule has 0 aromatic heterocycles. The normalized spacial score (nSPS) is 24.5. The summed E-state index contributed by atoms with van der Waals surface area (Å²) in [6.07, 6.45) is 1.18. The number of benzene rings is 1. The van der Waals surface area contributed by atoms with Crippen LogP contribution < -0.4 is 15.8 Å². The highest BCUT2D eigenvalue weighted by Crippen LogP contribution is 2.53. The van der Waals surface area contributed by atoms with Crippen molar-refractivity contribution in [3.63, 3.8) is 0 Å². The second kappa shape index (κ2) is 3.97. The molecule has 5 heteroatoms. The number of fused-ring (bicyclic) bond motifs is 1. The smallest absolute Gasteiger partial charge is 0.265 e. The lowest BCUT2D eigenvalue weighted by Gasteiger charge is -2.25. The first kappa shape index (κ1) is 12.0. The molecule has 1 heterocycles. The maximum atomic E-state index is 11.6. The number of carbonyl (C=O) groups is 1. The van der Waals surface area contributed by atoms with Crippen LogP contribution in [0.4, 0.5) is 5.69 Å². The molecule has 1 amide bonds. The van der Waals surface area contributed by atoms with Crippen LogP contribution in [0, 0.1) is 16.7 Å². The van der Waals surface area contributed by atoms with Gasteiger partial charge >= 0.3 is 0 Å². The zero-order valence-electron chi connectivity index (χ0n) is 10.6. The average molecular weight is 257 g/mol. The average Bonchev–Trinajstić information content (AvgIpc) is 3.20. The standard InChI is InChI=1S/C14H15N3O2/c1-8-13(18)17-10-6-9(2-3-11(10)19-8)12(16)14(7-15)4-5-14/h2-3,6,8,12H,4-5,16H2,1H3,(H,17,18). The zero-order chi connectivity index (χ0) is 13.6. The number of anilines is 1. The molecule has 0 radical (unpaired) electrons. The van der Waals surface area contributed by atoms with Crippen molar-refractivity contribution in [3.8, 4) is 11.8 Å². The lowest BCUT2D eigenvalue weighted by atomic mass is 9.91. The van der Waals surface area contributed by atoms with E-state index >= 15 is 0 Å². The number of nitrogens with zero attached hydrogens (tertiary/aromatic N) is 1. The van der Waals surface area contributed by atoms with E-state index in [2.05, 4.69) is 11.4 Å². The Labute approximate surface area is 111 Å². The summed E-state index contributed by atoms with van der Waals surface area (Å²) in [6.45, 7) is 1.70. The predicted octanol–water partition coefficient (Wildman–Crippen LogP) is 1.71. The largest absolute Gasteiger partial charge is 0.479 e. The van der Waals surface area contributed by atoms with Crippen LogP contribution in [0.5, 0.6) is 5.75 Å². The molecule has 19 heavy (non-hydrogen) atoms. The summed E-state index contributed by atoms with van der Waals surface area (Å²) in [5.74, 6) is 0.476. The van der Waals surface area contributed by atoms with Crippen molar-refractivity contribution in [3.05, 3.63) is 23.8 Å². The Morgan fingerprint density at radius 2 is 2.32 bits per heavy atom. The number of nitrogens with two attached hydrogens (primary N) is 1. The number of amides is 1. The second-order valence-corrected chi connectivity index (χ2v) is 5.25. The topological polar surface area (TPSA) is 88.1 Å². The van der Waals surface area contributed by atoms with Gasteiger partial charge in [0.25, 0.3) is 5.91 Å². The third kappa shape index (κ3) is 1.85. The van der Waals surface area contributed by atoms with Crippen LogP contribution in [0.3, 0.4) is 0 Å². The number of ether oxygens (including phenoxy) is 1. The van der Waals surface area contributed by atoms with Crippen molar-refractivity contribution in [2.45, 2.75) is 31.9 Å². The Balaban J connectivity index is 1.92. The summed E-state index contributed by atoms with van der Waals surface area (Å²) in [5.41, 5.74) is 7.22. The van der Waals surface area contributed by atoms with Gasteiger partial charge in [-0.2, -0.15) is 5.26 Å². The lowest BCUT2D eigenvalue weighted by Crippen LogP contribution is -2.34. The quantitative estimate of drug-likeness (QED) is 0.844. The van der Waals surface area contributed by atoms with Crippen molar-refractivity contribution in [2.75, 3.05) is 5.32 Å². The number of hydrogen-bond acceptors (Lipinski definition) is 4. The Hall–Kier alpha value is -2.06. The summed E-state index contributed by atoms with van der Waals surface area (Å²) in [7, 11) is 0. The zero-order valence-corrected chi connectivity index (χ0v) is 10.6. The Kier molecular flexibility index (Phi) is 2.51. The van der Waals surface area contributed by atoms with Crippen molar-refractivity contribution >= 4 is 11.6 Å². The van der Waals surface area contributed by atoms with Crippen molar-refractivity contribution in [2.24, 2.45) is 11.1 Å². The first-order valence-corrected chi connectivity index (χ1v) is 6.34. The molecular formula is C14H15N3O2. The fraction of sp³-hybridized carbons (Fsp3) is 0.429. The molecular weight excluding hydrogens is 242 g/mol. The minimum atomic E-state index is -0.485. The molecule has 2 aliphatic rings. The second-order valence-electron chi connectivity index (χ2n) is 5.25. The van der Waals surface area contributed by atoms with Gasteiger partial charge < -0.3 is 15.8 Å². The molecule has 0 saturated heterocycles. The van der Waals surface area contributed by atoms with Crippen LogP contribution in [0.25, 0.3) is 0 Å². The van der Waals surface area contributed by atoms with Crippen LogP contribution in [0.15, 0.2) is 18.2 Å². The third-order valence-corrected chi connectivity index (χ3v) is 3.90. The number of nitriles is 1. The molecule has 98 valence electrons. The van der Waals surface area contributed by atoms with Crippen molar-refractivity contribution in [1.29, 1.82) is 5.26 Å². The summed E-state index contributed by atoms with van der Waals surface area (Å²) in [6, 6.07) is 7.46. The first-order chi connectivity index (χ1) is 9.05. The molecule has 2 unspecified atom stereocenters. The highest BCUT2D eigenvalue weighted by Gasteiger charge is 2.49. The maximum Gasteiger partial charge on any atom is 0.265 e. The van der Waals surface area contributed by atoms with E-state index in [1.807, 2.05) is 6.07 Å². The van der Waals surface area contributed by atoms with Crippen LogP contribution in [0.1, 0.15) is 31.4 Å². The predicted molar refractivity (Wildman–Crippen MR) is 69.4 cm³/mol. The van der Waals surface area contributed by atoms with E-state index in [9.17, 15) is 10.1 Å². The van der Waals surface area contributed by atoms with Gasteiger partial charge in [-0.1, -0.05) is 6.07 Å². The number of carbonyl (C=O) groups excluding carboxylic acids is 1. The molecule has 0 bridgehead atoms. The first-order valence-electron chi connectivity index (χ1n) is 6.34. The molecule has 3 rings (SSSR count). The van der Waals surface area contributed by atoms with E-state index in [0.717, 1.165) is 18.4 Å². The van der Waals surface area contributed by atoms with Gasteiger partial charge in [-0.05, 0) is 37.5 Å². The van der Waals surface area contributed by atoms with Crippen LogP contribution in [0.2, 0.25) is 0 Å². The molecule has 1 aliphatic heterocycles. The van der Waals surface area contributed by atoms with Gasteiger partial charge in [-0.25, -0.2) is 0 Å². The van der Waals surface area contributed by atoms with Crippen LogP contribution in [-0.2, 0) is 4.79 Å². The summed E-state index contributed by atoms with van der Waals surface area (Å²) in [5, 5.41) is 12.0. The fourth-order valence-corrected chi connectivity index (χ4v) is 2.37. The monoisotopic (exact) mass is 257 g/mol. The van der Waals surface area contributed by atoms with Gasteiger partial charge in [-0.3, -0.25) is 4.79 Å². The van der Waals surface area contributed by atoms with Crippen molar-refractivity contribution < 1.29 is 9.53 Å². The molecule has 1 aromatic carbocycles. The maximum absolute atomic E-state index is 11.6. The number of nitrogens with one attached hydrogen (secondary N) is 1. The van der Waals surface area contributed by atoms with E-state index < -0.39 is 11.5 Å². The van der Waals surface area contributed by atoms with Gasteiger partial charge in [0, 0.05) is 6.04 Å². The fourth-order valence-electron chi connectivity index (χ4n) is 2.37. The Morgan fingerprint density at radius 1 is 1.58 bits per heavy atom. The number of hydrogen-bond donors (Lipinski definition) is 2. The lowest BCUT2D eigenvalue weighted by molar-refractivity contribution is -0.122. The SMILES string of the molecule is CC1Oc2ccc(C(N)C3(C#N)CC3)cc2NC1=O. The highest BCUT2D eigenvalue weighted by atomic mass is 16.5. The minimum absolute atomic E-state index is 0.167. The molecule has 5 nitrogen and oxygen atoms in total. The molecule has 2 atom stereocenters. The number of rotatable bonds is 2. The van der Waals surface area contributed by atoms with E-state index in [1.165, 1.54) is 0 Å². The van der Waals surface area contributed by atoms with Gasteiger partial charge in [-0.15, -0.1) is 0 Å². The molecule has 1 fully saturated rings. The van der Waals surface area contributed by atoms with Gasteiger partial charge in [0.05, 0.1) is 17.2 Å². The molecule has 1 aliphatic carbocycles. The molecule has 1 aromatic rings. The van der Waals surface area contributed by atoms with E-state index in [4.69, 9.17) is 10.5 Å². The minimum Gasteiger partial charge on any atom is -0.479 e.